The Kier molecular flexibility index (Phi) is 8.46. The first-order chi connectivity index (χ1) is 15.3. The third-order valence-corrected chi connectivity index (χ3v) is 5.97. The van der Waals surface area contributed by atoms with Crippen LogP contribution in [0.2, 0.25) is 5.02 Å². The van der Waals surface area contributed by atoms with Crippen LogP contribution in [0, 0.1) is 6.92 Å². The maximum Gasteiger partial charge on any atom is 0.255 e. The number of ether oxygens (including phenoxy) is 1. The quantitative estimate of drug-likeness (QED) is 0.691. The monoisotopic (exact) mass is 478 g/mol. The minimum absolute atomic E-state index is 0.0369. The first kappa shape index (κ1) is 24.0. The minimum atomic E-state index is -0.322. The topological polar surface area (TPSA) is 101 Å². The molecule has 1 aliphatic heterocycles. The second-order valence-electron chi connectivity index (χ2n) is 7.73. The largest absolute Gasteiger partial charge is 0.491 e. The molecule has 1 atom stereocenters. The standard InChI is InChI=1S/C22H27ClN4O4S/c1-14-12-31-19-6-5-16(23)9-18(19)22(30)24-7-3-4-8-27(11-20(28)25-14)21(29)10-17-13-32-15(2)26-17/h5-6,9,13-14H,3-4,7-8,10-12H2,1-2H3,(H,24,30)(H,25,28)/t14-/m1/s1. The summed E-state index contributed by atoms with van der Waals surface area (Å²) in [5.41, 5.74) is 1.06. The minimum Gasteiger partial charge on any atom is -0.491 e. The van der Waals surface area contributed by atoms with Crippen molar-refractivity contribution in [3.8, 4) is 5.75 Å². The number of aryl methyl sites for hydroxylation is 1. The molecule has 1 aromatic carbocycles. The van der Waals surface area contributed by atoms with E-state index in [-0.39, 0.29) is 43.3 Å². The molecule has 32 heavy (non-hydrogen) atoms. The van der Waals surface area contributed by atoms with E-state index in [2.05, 4.69) is 15.6 Å². The highest BCUT2D eigenvalue weighted by Crippen LogP contribution is 2.23. The summed E-state index contributed by atoms with van der Waals surface area (Å²) in [4.78, 5) is 43.9. The molecule has 0 bridgehead atoms. The predicted molar refractivity (Wildman–Crippen MR) is 123 cm³/mol. The molecule has 8 nitrogen and oxygen atoms in total. The van der Waals surface area contributed by atoms with E-state index in [4.69, 9.17) is 16.3 Å². The average Bonchev–Trinajstić information content (AvgIpc) is 3.15. The summed E-state index contributed by atoms with van der Waals surface area (Å²) in [6, 6.07) is 4.54. The molecule has 2 aromatic rings. The number of carbonyl (C=O) groups excluding carboxylic acids is 3. The van der Waals surface area contributed by atoms with Crippen LogP contribution >= 0.6 is 22.9 Å². The van der Waals surface area contributed by atoms with Crippen molar-refractivity contribution in [1.82, 2.24) is 20.5 Å². The number of aromatic nitrogens is 1. The number of hydrogen-bond acceptors (Lipinski definition) is 6. The van der Waals surface area contributed by atoms with Crippen LogP contribution < -0.4 is 15.4 Å². The number of nitrogens with zero attached hydrogens (tertiary/aromatic N) is 2. The van der Waals surface area contributed by atoms with Crippen molar-refractivity contribution in [3.05, 3.63) is 44.9 Å². The van der Waals surface area contributed by atoms with E-state index in [9.17, 15) is 14.4 Å². The van der Waals surface area contributed by atoms with Gasteiger partial charge in [0.1, 0.15) is 12.4 Å². The van der Waals surface area contributed by atoms with Crippen LogP contribution in [0.5, 0.6) is 5.75 Å². The number of amides is 3. The zero-order chi connectivity index (χ0) is 23.1. The van der Waals surface area contributed by atoms with Crippen molar-refractivity contribution in [2.75, 3.05) is 26.2 Å². The number of benzene rings is 1. The number of hydrogen-bond donors (Lipinski definition) is 2. The fourth-order valence-corrected chi connectivity index (χ4v) is 4.11. The fraction of sp³-hybridized carbons (Fsp3) is 0.455. The van der Waals surface area contributed by atoms with Gasteiger partial charge in [-0.3, -0.25) is 14.4 Å². The molecule has 172 valence electrons. The van der Waals surface area contributed by atoms with Crippen molar-refractivity contribution in [1.29, 1.82) is 0 Å². The Bertz CT molecular complexity index is 981. The fourth-order valence-electron chi connectivity index (χ4n) is 3.33. The molecule has 1 aromatic heterocycles. The zero-order valence-electron chi connectivity index (χ0n) is 18.2. The maximum absolute atomic E-state index is 12.8. The van der Waals surface area contributed by atoms with Crippen LogP contribution in [-0.2, 0) is 16.0 Å². The van der Waals surface area contributed by atoms with Crippen LogP contribution in [0.3, 0.4) is 0 Å². The molecule has 0 spiro atoms. The van der Waals surface area contributed by atoms with Crippen LogP contribution in [-0.4, -0.2) is 59.9 Å². The summed E-state index contributed by atoms with van der Waals surface area (Å²) in [6.45, 7) is 4.67. The summed E-state index contributed by atoms with van der Waals surface area (Å²) in [5, 5.41) is 8.92. The summed E-state index contributed by atoms with van der Waals surface area (Å²) < 4.78 is 5.78. The Hall–Kier alpha value is -2.65. The van der Waals surface area contributed by atoms with Crippen molar-refractivity contribution in [3.63, 3.8) is 0 Å². The van der Waals surface area contributed by atoms with E-state index in [1.807, 2.05) is 12.3 Å². The van der Waals surface area contributed by atoms with Crippen molar-refractivity contribution in [2.45, 2.75) is 39.2 Å². The van der Waals surface area contributed by atoms with Gasteiger partial charge in [0.2, 0.25) is 11.8 Å². The van der Waals surface area contributed by atoms with E-state index in [1.54, 1.807) is 30.0 Å². The Morgan fingerprint density at radius 3 is 2.91 bits per heavy atom. The Labute approximate surface area is 196 Å². The van der Waals surface area contributed by atoms with Gasteiger partial charge in [0.05, 0.1) is 35.3 Å². The molecule has 0 radical (unpaired) electrons. The highest BCUT2D eigenvalue weighted by atomic mass is 35.5. The molecule has 0 saturated carbocycles. The molecular formula is C22H27ClN4O4S. The number of nitrogens with one attached hydrogen (secondary N) is 2. The lowest BCUT2D eigenvalue weighted by molar-refractivity contribution is -0.135. The smallest absolute Gasteiger partial charge is 0.255 e. The highest BCUT2D eigenvalue weighted by Gasteiger charge is 2.21. The van der Waals surface area contributed by atoms with Gasteiger partial charge in [-0.05, 0) is 44.9 Å². The molecule has 2 heterocycles. The van der Waals surface area contributed by atoms with Crippen molar-refractivity contribution < 1.29 is 19.1 Å². The van der Waals surface area contributed by atoms with E-state index < -0.39 is 0 Å². The van der Waals surface area contributed by atoms with Gasteiger partial charge in [-0.25, -0.2) is 4.98 Å². The van der Waals surface area contributed by atoms with E-state index >= 15 is 0 Å². The Morgan fingerprint density at radius 2 is 2.16 bits per heavy atom. The van der Waals surface area contributed by atoms with E-state index in [0.29, 0.717) is 48.0 Å². The maximum atomic E-state index is 12.8. The SMILES string of the molecule is Cc1nc(CC(=O)N2CCCCNC(=O)c3cc(Cl)ccc3OC[C@@H](C)NC(=O)C2)cs1. The average molecular weight is 479 g/mol. The van der Waals surface area contributed by atoms with Gasteiger partial charge in [0, 0.05) is 23.5 Å². The van der Waals surface area contributed by atoms with Crippen LogP contribution in [0.25, 0.3) is 0 Å². The van der Waals surface area contributed by atoms with Gasteiger partial charge in [0.15, 0.2) is 0 Å². The van der Waals surface area contributed by atoms with Crippen molar-refractivity contribution >= 4 is 40.7 Å². The van der Waals surface area contributed by atoms with Gasteiger partial charge in [-0.1, -0.05) is 11.6 Å². The van der Waals surface area contributed by atoms with Gasteiger partial charge in [-0.15, -0.1) is 11.3 Å². The number of fused-ring (bicyclic) bond motifs is 1. The number of halogens is 1. The second-order valence-corrected chi connectivity index (χ2v) is 9.23. The van der Waals surface area contributed by atoms with Crippen LogP contribution in [0.4, 0.5) is 0 Å². The molecule has 10 heteroatoms. The predicted octanol–water partition coefficient (Wildman–Crippen LogP) is 2.58. The second kappa shape index (κ2) is 11.3. The summed E-state index contributed by atoms with van der Waals surface area (Å²) in [6.07, 6.45) is 1.45. The lowest BCUT2D eigenvalue weighted by atomic mass is 10.1. The third-order valence-electron chi connectivity index (χ3n) is 4.91. The van der Waals surface area contributed by atoms with E-state index in [1.165, 1.54) is 11.3 Å². The molecular weight excluding hydrogens is 452 g/mol. The van der Waals surface area contributed by atoms with Crippen LogP contribution in [0.15, 0.2) is 23.6 Å². The summed E-state index contributed by atoms with van der Waals surface area (Å²) >= 11 is 7.55. The lowest BCUT2D eigenvalue weighted by Crippen LogP contribution is -2.45. The molecule has 1 aliphatic rings. The van der Waals surface area contributed by atoms with Crippen molar-refractivity contribution in [2.24, 2.45) is 0 Å². The number of rotatable bonds is 2. The molecule has 2 N–H and O–H groups in total. The van der Waals surface area contributed by atoms with Gasteiger partial charge >= 0.3 is 0 Å². The normalized spacial score (nSPS) is 18.5. The first-order valence-corrected chi connectivity index (χ1v) is 11.8. The molecule has 0 aliphatic carbocycles. The van der Waals surface area contributed by atoms with Gasteiger partial charge in [0.25, 0.3) is 5.91 Å². The third kappa shape index (κ3) is 6.93. The first-order valence-electron chi connectivity index (χ1n) is 10.5. The number of carbonyl (C=O) groups is 3. The Balaban J connectivity index is 1.70. The highest BCUT2D eigenvalue weighted by molar-refractivity contribution is 7.09. The van der Waals surface area contributed by atoms with E-state index in [0.717, 1.165) is 5.01 Å². The van der Waals surface area contributed by atoms with Gasteiger partial charge in [-0.2, -0.15) is 0 Å². The lowest BCUT2D eigenvalue weighted by Gasteiger charge is -2.23. The summed E-state index contributed by atoms with van der Waals surface area (Å²) in [5.74, 6) is -0.284. The zero-order valence-corrected chi connectivity index (χ0v) is 19.7. The molecule has 3 amide bonds. The molecule has 0 fully saturated rings. The molecule has 3 rings (SSSR count). The molecule has 0 unspecified atom stereocenters. The van der Waals surface area contributed by atoms with Crippen LogP contribution in [0.1, 0.15) is 40.8 Å². The van der Waals surface area contributed by atoms with Gasteiger partial charge < -0.3 is 20.3 Å². The summed E-state index contributed by atoms with van der Waals surface area (Å²) in [7, 11) is 0. The Morgan fingerprint density at radius 1 is 1.34 bits per heavy atom. The molecule has 0 saturated heterocycles. The number of thiazole rings is 1.